The van der Waals surface area contributed by atoms with Gasteiger partial charge in [-0.3, -0.25) is 19.2 Å². The van der Waals surface area contributed by atoms with Crippen LogP contribution in [0, 0.1) is 12.3 Å². The van der Waals surface area contributed by atoms with Gasteiger partial charge >= 0.3 is 23.9 Å². The molecule has 5 rings (SSSR count). The second-order valence-corrected chi connectivity index (χ2v) is 15.9. The van der Waals surface area contributed by atoms with Crippen LogP contribution in [0.4, 0.5) is 0 Å². The van der Waals surface area contributed by atoms with Crippen molar-refractivity contribution in [3.63, 3.8) is 0 Å². The summed E-state index contributed by atoms with van der Waals surface area (Å²) in [6.07, 6.45) is 11.5. The van der Waals surface area contributed by atoms with E-state index in [1.807, 2.05) is 35.9 Å². The zero-order valence-corrected chi connectivity index (χ0v) is 34.9. The number of nitrogens with zero attached hydrogens (tertiary/aromatic N) is 2. The zero-order chi connectivity index (χ0) is 41.1. The molecule has 0 bridgehead atoms. The van der Waals surface area contributed by atoms with E-state index in [-0.39, 0.29) is 6.61 Å². The fourth-order valence-corrected chi connectivity index (χ4v) is 8.72. The molecule has 6 unspecified atom stereocenters. The molecule has 2 aliphatic heterocycles. The Bertz CT molecular complexity index is 1870. The second kappa shape index (κ2) is 20.3. The summed E-state index contributed by atoms with van der Waals surface area (Å²) in [5.41, 5.74) is 5.60. The Morgan fingerprint density at radius 2 is 1.58 bits per heavy atom. The van der Waals surface area contributed by atoms with Crippen molar-refractivity contribution in [1.82, 2.24) is 9.47 Å². The minimum absolute atomic E-state index is 0.294. The average Bonchev–Trinajstić information content (AvgIpc) is 3.53. The molecule has 2 aliphatic rings. The molecule has 57 heavy (non-hydrogen) atoms. The van der Waals surface area contributed by atoms with Crippen molar-refractivity contribution in [3.8, 4) is 0 Å². The SMILES string of the molecule is CCCCCC1(CC)CCCN(CCC=Cc2ccc(Cc3cn(C4OC(COC(C)=O)C(OC(C)=O)C(OC(C)=O)C4OC(C)=O)c4cccc(C)c34)cc2)C1. The molecular weight excluding hydrogens is 725 g/mol. The molecule has 11 heteroatoms. The first-order valence-electron chi connectivity index (χ1n) is 20.7. The number of aryl methyl sites for hydroxylation is 1. The van der Waals surface area contributed by atoms with Crippen molar-refractivity contribution >= 4 is 40.9 Å². The van der Waals surface area contributed by atoms with Crippen LogP contribution in [0.15, 0.2) is 54.7 Å². The Kier molecular flexibility index (Phi) is 15.5. The van der Waals surface area contributed by atoms with E-state index in [1.165, 1.54) is 85.7 Å². The highest BCUT2D eigenvalue weighted by atomic mass is 16.7. The van der Waals surface area contributed by atoms with Gasteiger partial charge in [0.25, 0.3) is 0 Å². The van der Waals surface area contributed by atoms with E-state index >= 15 is 0 Å². The van der Waals surface area contributed by atoms with Crippen molar-refractivity contribution < 1.29 is 42.9 Å². The van der Waals surface area contributed by atoms with Gasteiger partial charge in [0.1, 0.15) is 12.7 Å². The third-order valence-corrected chi connectivity index (χ3v) is 11.5. The molecule has 310 valence electrons. The van der Waals surface area contributed by atoms with Crippen LogP contribution in [0.25, 0.3) is 17.0 Å². The van der Waals surface area contributed by atoms with Gasteiger partial charge in [-0.1, -0.05) is 81.7 Å². The molecule has 0 radical (unpaired) electrons. The highest BCUT2D eigenvalue weighted by molar-refractivity contribution is 5.87. The summed E-state index contributed by atoms with van der Waals surface area (Å²) >= 11 is 0. The van der Waals surface area contributed by atoms with Gasteiger partial charge in [0.05, 0.1) is 5.52 Å². The Labute approximate surface area is 338 Å². The van der Waals surface area contributed by atoms with Crippen molar-refractivity contribution in [2.24, 2.45) is 5.41 Å². The molecule has 6 atom stereocenters. The molecule has 2 aromatic carbocycles. The molecule has 3 heterocycles. The number of hydrogen-bond donors (Lipinski definition) is 0. The van der Waals surface area contributed by atoms with Crippen LogP contribution < -0.4 is 0 Å². The number of esters is 4. The van der Waals surface area contributed by atoms with Crippen molar-refractivity contribution in [2.75, 3.05) is 26.2 Å². The topological polar surface area (TPSA) is 123 Å². The standard InChI is InChI=1S/C46H62N2O9/c1-8-10-12-23-46(9-2)24-15-26-47(30-46)25-13-11-17-36-19-21-37(22-20-36)27-38-28-48(39-18-14-16-31(3)41(38)39)45-44(56-35(7)52)43(55-34(6)51)42(54-33(5)50)40(57-45)29-53-32(4)49/h11,14,16-22,28,40,42-45H,8-10,12-13,15,23-27,29-30H2,1-7H3. The van der Waals surface area contributed by atoms with Gasteiger partial charge in [-0.15, -0.1) is 0 Å². The Balaban J connectivity index is 1.36. The van der Waals surface area contributed by atoms with Gasteiger partial charge in [0.15, 0.2) is 24.5 Å². The number of ether oxygens (including phenoxy) is 5. The Hall–Kier alpha value is -4.48. The lowest BCUT2D eigenvalue weighted by molar-refractivity contribution is -0.267. The van der Waals surface area contributed by atoms with Gasteiger partial charge in [-0.25, -0.2) is 0 Å². The van der Waals surface area contributed by atoms with Gasteiger partial charge < -0.3 is 33.2 Å². The molecule has 0 amide bonds. The first-order valence-corrected chi connectivity index (χ1v) is 20.7. The lowest BCUT2D eigenvalue weighted by atomic mass is 9.74. The number of piperidine rings is 1. The number of unbranched alkanes of at least 4 members (excludes halogenated alkanes) is 2. The van der Waals surface area contributed by atoms with E-state index in [1.54, 1.807) is 0 Å². The van der Waals surface area contributed by atoms with Crippen LogP contribution in [-0.4, -0.2) is 84.0 Å². The van der Waals surface area contributed by atoms with E-state index in [9.17, 15) is 19.2 Å². The minimum Gasteiger partial charge on any atom is -0.463 e. The minimum atomic E-state index is -1.26. The van der Waals surface area contributed by atoms with Crippen LogP contribution in [0.1, 0.15) is 121 Å². The third kappa shape index (κ3) is 11.6. The lowest BCUT2D eigenvalue weighted by Crippen LogP contribution is -2.60. The fourth-order valence-electron chi connectivity index (χ4n) is 8.72. The number of aromatic nitrogens is 1. The molecule has 0 saturated carbocycles. The fraction of sp³-hybridized carbons (Fsp3) is 0.565. The largest absolute Gasteiger partial charge is 0.463 e. The Morgan fingerprint density at radius 3 is 2.25 bits per heavy atom. The average molecular weight is 787 g/mol. The number of benzene rings is 2. The molecule has 0 spiro atoms. The van der Waals surface area contributed by atoms with E-state index in [0.717, 1.165) is 46.1 Å². The third-order valence-electron chi connectivity index (χ3n) is 11.5. The number of rotatable bonds is 17. The maximum absolute atomic E-state index is 12.6. The number of carbonyl (C=O) groups excluding carboxylic acids is 4. The quantitative estimate of drug-likeness (QED) is 0.0751. The molecule has 3 aromatic rings. The van der Waals surface area contributed by atoms with Crippen molar-refractivity contribution in [1.29, 1.82) is 0 Å². The second-order valence-electron chi connectivity index (χ2n) is 15.9. The van der Waals surface area contributed by atoms with E-state index in [4.69, 9.17) is 23.7 Å². The number of fused-ring (bicyclic) bond motifs is 1. The Morgan fingerprint density at radius 1 is 0.877 bits per heavy atom. The smallest absolute Gasteiger partial charge is 0.303 e. The van der Waals surface area contributed by atoms with Crippen LogP contribution in [0.2, 0.25) is 0 Å². The normalized spacial score (nSPS) is 24.0. The summed E-state index contributed by atoms with van der Waals surface area (Å²) < 4.78 is 30.8. The lowest BCUT2D eigenvalue weighted by Gasteiger charge is -2.44. The molecule has 11 nitrogen and oxygen atoms in total. The van der Waals surface area contributed by atoms with Gasteiger partial charge in [0, 0.05) is 52.4 Å². The summed E-state index contributed by atoms with van der Waals surface area (Å²) in [4.78, 5) is 51.8. The maximum atomic E-state index is 12.6. The van der Waals surface area contributed by atoms with Crippen LogP contribution in [-0.2, 0) is 49.3 Å². The van der Waals surface area contributed by atoms with Gasteiger partial charge in [-0.05, 0) is 85.7 Å². The molecule has 2 fully saturated rings. The highest BCUT2D eigenvalue weighted by Crippen LogP contribution is 2.40. The molecule has 0 N–H and O–H groups in total. The molecular formula is C46H62N2O9. The predicted octanol–water partition coefficient (Wildman–Crippen LogP) is 8.27. The summed E-state index contributed by atoms with van der Waals surface area (Å²) in [6, 6.07) is 14.5. The monoisotopic (exact) mass is 786 g/mol. The number of likely N-dealkylation sites (tertiary alicyclic amines) is 1. The molecule has 0 aliphatic carbocycles. The van der Waals surface area contributed by atoms with E-state index < -0.39 is 54.5 Å². The van der Waals surface area contributed by atoms with Crippen LogP contribution in [0.5, 0.6) is 0 Å². The summed E-state index contributed by atoms with van der Waals surface area (Å²) in [5, 5.41) is 1.00. The highest BCUT2D eigenvalue weighted by Gasteiger charge is 2.53. The van der Waals surface area contributed by atoms with Gasteiger partial charge in [-0.2, -0.15) is 0 Å². The zero-order valence-electron chi connectivity index (χ0n) is 34.9. The number of hydrogen-bond acceptors (Lipinski definition) is 10. The first kappa shape index (κ1) is 43.6. The summed E-state index contributed by atoms with van der Waals surface area (Å²) in [6.45, 7) is 14.8. The molecule has 2 saturated heterocycles. The summed E-state index contributed by atoms with van der Waals surface area (Å²) in [5.74, 6) is -2.56. The first-order chi connectivity index (χ1) is 27.3. The van der Waals surface area contributed by atoms with Gasteiger partial charge in [0.2, 0.25) is 0 Å². The van der Waals surface area contributed by atoms with E-state index in [0.29, 0.717) is 11.8 Å². The number of carbonyl (C=O) groups is 4. The molecule has 1 aromatic heterocycles. The summed E-state index contributed by atoms with van der Waals surface area (Å²) in [7, 11) is 0. The van der Waals surface area contributed by atoms with Crippen LogP contribution in [0.3, 0.4) is 0 Å². The van der Waals surface area contributed by atoms with Crippen molar-refractivity contribution in [3.05, 3.63) is 77.0 Å². The van der Waals surface area contributed by atoms with Crippen LogP contribution >= 0.6 is 0 Å². The predicted molar refractivity (Wildman–Crippen MR) is 219 cm³/mol. The van der Waals surface area contributed by atoms with E-state index in [2.05, 4.69) is 55.2 Å². The van der Waals surface area contributed by atoms with Crippen molar-refractivity contribution in [2.45, 2.75) is 137 Å². The maximum Gasteiger partial charge on any atom is 0.303 e.